The first kappa shape index (κ1) is 16.6. The van der Waals surface area contributed by atoms with Gasteiger partial charge in [-0.05, 0) is 18.8 Å². The van der Waals surface area contributed by atoms with Crippen molar-refractivity contribution in [1.82, 2.24) is 0 Å². The van der Waals surface area contributed by atoms with Crippen molar-refractivity contribution in [3.8, 4) is 0 Å². The number of ketones is 2. The molecule has 0 spiro atoms. The molecule has 0 heterocycles. The van der Waals surface area contributed by atoms with Crippen LogP contribution in [-0.2, 0) is 4.79 Å². The normalized spacial score (nSPS) is 22.4. The second kappa shape index (κ2) is 7.01. The Kier molecular flexibility index (Phi) is 5.30. The summed E-state index contributed by atoms with van der Waals surface area (Å²) in [4.78, 5) is 25.0. The van der Waals surface area contributed by atoms with Gasteiger partial charge in [0.15, 0.2) is 5.78 Å². The van der Waals surface area contributed by atoms with Crippen molar-refractivity contribution < 1.29 is 14.7 Å². The van der Waals surface area contributed by atoms with Crippen molar-refractivity contribution in [1.29, 1.82) is 0 Å². The highest BCUT2D eigenvalue weighted by Gasteiger charge is 2.46. The Morgan fingerprint density at radius 2 is 1.95 bits per heavy atom. The number of aliphatic hydroxyl groups excluding tert-OH is 1. The largest absolute Gasteiger partial charge is 0.392 e. The Morgan fingerprint density at radius 3 is 2.59 bits per heavy atom. The zero-order chi connectivity index (χ0) is 16.2. The summed E-state index contributed by atoms with van der Waals surface area (Å²) < 4.78 is 0. The molecular weight excluding hydrogens is 276 g/mol. The first-order valence-corrected chi connectivity index (χ1v) is 7.87. The molecule has 0 aromatic heterocycles. The Morgan fingerprint density at radius 1 is 1.27 bits per heavy atom. The summed E-state index contributed by atoms with van der Waals surface area (Å²) in [6, 6.07) is 9.30. The molecule has 1 aromatic carbocycles. The first-order valence-electron chi connectivity index (χ1n) is 7.87. The van der Waals surface area contributed by atoms with Crippen LogP contribution in [0.4, 0.5) is 0 Å². The fourth-order valence-electron chi connectivity index (χ4n) is 3.52. The molecule has 3 heteroatoms. The van der Waals surface area contributed by atoms with E-state index in [1.807, 2.05) is 50.3 Å². The third-order valence-electron chi connectivity index (χ3n) is 4.81. The molecule has 1 fully saturated rings. The smallest absolute Gasteiger partial charge is 0.168 e. The molecular formula is C19H24O3. The number of aliphatic hydroxyl groups is 1. The summed E-state index contributed by atoms with van der Waals surface area (Å²) in [6.45, 7) is 3.89. The minimum Gasteiger partial charge on any atom is -0.392 e. The van der Waals surface area contributed by atoms with E-state index < -0.39 is 5.41 Å². The quantitative estimate of drug-likeness (QED) is 0.647. The highest BCUT2D eigenvalue weighted by atomic mass is 16.2. The minimum atomic E-state index is -0.564. The summed E-state index contributed by atoms with van der Waals surface area (Å²) >= 11 is 0. The van der Waals surface area contributed by atoms with Gasteiger partial charge in [-0.2, -0.15) is 0 Å². The predicted molar refractivity (Wildman–Crippen MR) is 86.6 cm³/mol. The molecule has 0 amide bonds. The van der Waals surface area contributed by atoms with Gasteiger partial charge >= 0.3 is 0 Å². The van der Waals surface area contributed by atoms with Gasteiger partial charge in [-0.25, -0.2) is 0 Å². The van der Waals surface area contributed by atoms with E-state index in [0.717, 1.165) is 6.42 Å². The van der Waals surface area contributed by atoms with Crippen LogP contribution in [0, 0.1) is 17.3 Å². The van der Waals surface area contributed by atoms with Gasteiger partial charge in [0.25, 0.3) is 0 Å². The Bertz CT molecular complexity index is 557. The van der Waals surface area contributed by atoms with Crippen LogP contribution in [0.3, 0.4) is 0 Å². The molecule has 1 saturated carbocycles. The molecule has 118 valence electrons. The lowest BCUT2D eigenvalue weighted by Crippen LogP contribution is -2.36. The molecule has 3 nitrogen and oxygen atoms in total. The van der Waals surface area contributed by atoms with E-state index in [0.29, 0.717) is 18.4 Å². The van der Waals surface area contributed by atoms with Crippen molar-refractivity contribution in [2.24, 2.45) is 17.3 Å². The molecule has 0 saturated heterocycles. The van der Waals surface area contributed by atoms with E-state index in [2.05, 4.69) is 0 Å². The third-order valence-corrected chi connectivity index (χ3v) is 4.81. The van der Waals surface area contributed by atoms with Crippen LogP contribution < -0.4 is 0 Å². The molecule has 0 radical (unpaired) electrons. The van der Waals surface area contributed by atoms with Gasteiger partial charge in [-0.1, -0.05) is 56.3 Å². The van der Waals surface area contributed by atoms with Crippen LogP contribution in [0.5, 0.6) is 0 Å². The molecule has 1 aromatic rings. The fraction of sp³-hybridized carbons (Fsp3) is 0.474. The first-order chi connectivity index (χ1) is 10.5. The zero-order valence-corrected chi connectivity index (χ0v) is 13.3. The predicted octanol–water partition coefficient (Wildman–Crippen LogP) is 3.43. The lowest BCUT2D eigenvalue weighted by molar-refractivity contribution is -0.121. The number of carbonyl (C=O) groups excluding carboxylic acids is 2. The summed E-state index contributed by atoms with van der Waals surface area (Å²) in [6.07, 6.45) is 5.43. The van der Waals surface area contributed by atoms with Crippen molar-refractivity contribution in [3.05, 3.63) is 48.0 Å². The molecule has 1 aliphatic rings. The van der Waals surface area contributed by atoms with Crippen molar-refractivity contribution in [3.63, 3.8) is 0 Å². The second-order valence-electron chi connectivity index (χ2n) is 6.52. The van der Waals surface area contributed by atoms with E-state index in [1.165, 1.54) is 0 Å². The maximum absolute atomic E-state index is 12.9. The average molecular weight is 300 g/mol. The highest BCUT2D eigenvalue weighted by molar-refractivity contribution is 6.01. The van der Waals surface area contributed by atoms with Crippen LogP contribution in [0.15, 0.2) is 42.5 Å². The summed E-state index contributed by atoms with van der Waals surface area (Å²) in [5.41, 5.74) is 0.141. The van der Waals surface area contributed by atoms with Gasteiger partial charge in [0.05, 0.1) is 6.61 Å². The number of hydrogen-bond donors (Lipinski definition) is 1. The Hall–Kier alpha value is -1.74. The van der Waals surface area contributed by atoms with Crippen LogP contribution in [0.2, 0.25) is 0 Å². The third kappa shape index (κ3) is 3.36. The monoisotopic (exact) mass is 300 g/mol. The van der Waals surface area contributed by atoms with Gasteiger partial charge in [0, 0.05) is 23.3 Å². The Balaban J connectivity index is 2.21. The van der Waals surface area contributed by atoms with Crippen molar-refractivity contribution in [2.45, 2.75) is 33.1 Å². The van der Waals surface area contributed by atoms with Crippen LogP contribution in [0.1, 0.15) is 43.5 Å². The number of benzene rings is 1. The van der Waals surface area contributed by atoms with Gasteiger partial charge in [-0.15, -0.1) is 0 Å². The number of Topliss-reactive ketones (excluding diaryl/α,β-unsaturated/α-hetero) is 2. The van der Waals surface area contributed by atoms with E-state index in [4.69, 9.17) is 5.11 Å². The zero-order valence-electron chi connectivity index (χ0n) is 13.3. The number of hydrogen-bond acceptors (Lipinski definition) is 3. The number of allylic oxidation sites excluding steroid dienone is 1. The highest BCUT2D eigenvalue weighted by Crippen LogP contribution is 2.45. The summed E-state index contributed by atoms with van der Waals surface area (Å²) in [5, 5.41) is 8.84. The molecule has 0 bridgehead atoms. The van der Waals surface area contributed by atoms with E-state index >= 15 is 0 Å². The molecule has 1 N–H and O–H groups in total. The van der Waals surface area contributed by atoms with Crippen LogP contribution in [0.25, 0.3) is 0 Å². The van der Waals surface area contributed by atoms with Crippen molar-refractivity contribution >= 4 is 11.6 Å². The topological polar surface area (TPSA) is 54.4 Å². The van der Waals surface area contributed by atoms with E-state index in [-0.39, 0.29) is 30.0 Å². The summed E-state index contributed by atoms with van der Waals surface area (Å²) in [5.74, 6) is 0.270. The molecule has 1 aliphatic carbocycles. The second-order valence-corrected chi connectivity index (χ2v) is 6.52. The van der Waals surface area contributed by atoms with Gasteiger partial charge in [0.1, 0.15) is 5.78 Å². The number of rotatable bonds is 6. The lowest BCUT2D eigenvalue weighted by atomic mass is 9.68. The molecule has 0 unspecified atom stereocenters. The van der Waals surface area contributed by atoms with E-state index in [1.54, 1.807) is 6.08 Å². The molecule has 22 heavy (non-hydrogen) atoms. The van der Waals surface area contributed by atoms with Gasteiger partial charge in [0.2, 0.25) is 0 Å². The lowest BCUT2D eigenvalue weighted by Gasteiger charge is -2.33. The summed E-state index contributed by atoms with van der Waals surface area (Å²) in [7, 11) is 0. The van der Waals surface area contributed by atoms with Crippen LogP contribution >= 0.6 is 0 Å². The Labute approximate surface area is 132 Å². The average Bonchev–Trinajstić information content (AvgIpc) is 2.89. The van der Waals surface area contributed by atoms with Gasteiger partial charge in [-0.3, -0.25) is 9.59 Å². The fourth-order valence-corrected chi connectivity index (χ4v) is 3.52. The maximum Gasteiger partial charge on any atom is 0.168 e. The SMILES string of the molecule is CC(C)(C(=O)c1ccccc1)[C@H]1CCC(=O)[C@@H]1C/C=C\CO. The number of carbonyl (C=O) groups is 2. The van der Waals surface area contributed by atoms with E-state index in [9.17, 15) is 9.59 Å². The standard InChI is InChI=1S/C19H24O3/c1-19(2,18(22)14-8-4-3-5-9-14)16-11-12-17(21)15(16)10-6-7-13-20/h3-9,15-16,20H,10-13H2,1-2H3/b7-6-/t15-,16+/m1/s1. The molecule has 2 rings (SSSR count). The van der Waals surface area contributed by atoms with Crippen molar-refractivity contribution in [2.75, 3.05) is 6.61 Å². The molecule has 2 atom stereocenters. The molecule has 0 aliphatic heterocycles. The minimum absolute atomic E-state index is 0.0160. The van der Waals surface area contributed by atoms with Gasteiger partial charge < -0.3 is 5.11 Å². The van der Waals surface area contributed by atoms with Crippen LogP contribution in [-0.4, -0.2) is 23.3 Å². The maximum atomic E-state index is 12.9.